The Morgan fingerprint density at radius 3 is 2.93 bits per heavy atom. The fourth-order valence-corrected chi connectivity index (χ4v) is 2.06. The molecule has 1 heterocycles. The van der Waals surface area contributed by atoms with Gasteiger partial charge in [0.1, 0.15) is 0 Å². The summed E-state index contributed by atoms with van der Waals surface area (Å²) in [5.41, 5.74) is 0. The van der Waals surface area contributed by atoms with Crippen molar-refractivity contribution in [3.05, 3.63) is 8.93 Å². The maximum atomic E-state index is 10.9. The maximum Gasteiger partial charge on any atom is 0.502 e. The molecule has 0 aliphatic heterocycles. The Labute approximate surface area is 94.3 Å². The van der Waals surface area contributed by atoms with Gasteiger partial charge in [0.2, 0.25) is 5.39 Å². The number of hydrogen-bond donors (Lipinski definition) is 1. The molecule has 0 spiro atoms. The number of carbonyl (C=O) groups excluding carboxylic acids is 1. The molecular weight excluding hydrogens is 238 g/mol. The van der Waals surface area contributed by atoms with Crippen molar-refractivity contribution >= 4 is 34.5 Å². The van der Waals surface area contributed by atoms with Gasteiger partial charge in [-0.05, 0) is 23.6 Å². The van der Waals surface area contributed by atoms with E-state index in [0.717, 1.165) is 11.3 Å². The third kappa shape index (κ3) is 2.51. The number of carbonyl (C=O) groups is 1. The van der Waals surface area contributed by atoms with Crippen LogP contribution in [0, 0.1) is 9.35 Å². The van der Waals surface area contributed by atoms with Gasteiger partial charge in [-0.3, -0.25) is 9.36 Å². The molecule has 0 amide bonds. The molecule has 6 nitrogen and oxygen atoms in total. The summed E-state index contributed by atoms with van der Waals surface area (Å²) in [4.78, 5) is 13.7. The number of ether oxygens (including phenoxy) is 1. The second kappa shape index (κ2) is 4.86. The standard InChI is InChI=1S/C7H7N3O3S2/c1-13-4(11)2-3-10-6(12)5(9-8)15-7(10)14/h2-3H2,1H3/p+1. The van der Waals surface area contributed by atoms with Gasteiger partial charge in [0.15, 0.2) is 8.93 Å². The Bertz CT molecular complexity index is 471. The van der Waals surface area contributed by atoms with Gasteiger partial charge in [-0.1, -0.05) is 0 Å². The highest BCUT2D eigenvalue weighted by Gasteiger charge is 2.22. The molecule has 0 bridgehead atoms. The zero-order chi connectivity index (χ0) is 11.4. The van der Waals surface area contributed by atoms with Gasteiger partial charge in [0, 0.05) is 6.54 Å². The number of methoxy groups -OCH3 is 1. The molecule has 0 atom stereocenters. The monoisotopic (exact) mass is 246 g/mol. The second-order valence-corrected chi connectivity index (χ2v) is 4.20. The topological polar surface area (TPSA) is 79.6 Å². The summed E-state index contributed by atoms with van der Waals surface area (Å²) < 4.78 is 6.10. The van der Waals surface area contributed by atoms with Crippen LogP contribution >= 0.6 is 23.6 Å². The van der Waals surface area contributed by atoms with Crippen molar-refractivity contribution in [2.24, 2.45) is 0 Å². The smallest absolute Gasteiger partial charge is 0.488 e. The molecule has 15 heavy (non-hydrogen) atoms. The molecule has 1 aromatic rings. The van der Waals surface area contributed by atoms with Crippen LogP contribution in [-0.4, -0.2) is 22.8 Å². The predicted molar refractivity (Wildman–Crippen MR) is 56.2 cm³/mol. The van der Waals surface area contributed by atoms with E-state index in [1.165, 1.54) is 11.7 Å². The maximum absolute atomic E-state index is 10.9. The molecular formula is C7H8N3O3S2+. The van der Waals surface area contributed by atoms with E-state index < -0.39 is 5.97 Å². The molecule has 80 valence electrons. The number of nitrogens with zero attached hydrogens (tertiary/aromatic N) is 3. The van der Waals surface area contributed by atoms with Crippen molar-refractivity contribution in [1.29, 1.82) is 5.39 Å². The van der Waals surface area contributed by atoms with Crippen molar-refractivity contribution in [2.75, 3.05) is 7.11 Å². The van der Waals surface area contributed by atoms with Crippen molar-refractivity contribution in [3.8, 4) is 5.88 Å². The van der Waals surface area contributed by atoms with E-state index in [1.54, 1.807) is 0 Å². The van der Waals surface area contributed by atoms with E-state index >= 15 is 0 Å². The Hall–Kier alpha value is -1.46. The zero-order valence-corrected chi connectivity index (χ0v) is 9.47. The van der Waals surface area contributed by atoms with E-state index in [-0.39, 0.29) is 23.8 Å². The zero-order valence-electron chi connectivity index (χ0n) is 7.84. The van der Waals surface area contributed by atoms with Crippen molar-refractivity contribution in [3.63, 3.8) is 0 Å². The summed E-state index contributed by atoms with van der Waals surface area (Å²) in [6.07, 6.45) is 0.0972. The van der Waals surface area contributed by atoms with Crippen molar-refractivity contribution < 1.29 is 14.6 Å². The normalized spacial score (nSPS) is 9.60. The fourth-order valence-electron chi connectivity index (χ4n) is 0.953. The first-order chi connectivity index (χ1) is 7.10. The number of esters is 1. The van der Waals surface area contributed by atoms with E-state index in [0.29, 0.717) is 3.95 Å². The third-order valence-electron chi connectivity index (χ3n) is 1.71. The molecule has 0 saturated heterocycles. The SMILES string of the molecule is COC(=O)CCn1c(O)c([N+]#N)sc1=S. The summed E-state index contributed by atoms with van der Waals surface area (Å²) in [6, 6.07) is 0. The van der Waals surface area contributed by atoms with Gasteiger partial charge in [-0.2, -0.15) is 0 Å². The van der Waals surface area contributed by atoms with Gasteiger partial charge in [-0.15, -0.1) is 0 Å². The third-order valence-corrected chi connectivity index (χ3v) is 3.03. The van der Waals surface area contributed by atoms with Crippen LogP contribution in [0.1, 0.15) is 6.42 Å². The van der Waals surface area contributed by atoms with Crippen LogP contribution < -0.4 is 0 Å². The molecule has 0 fully saturated rings. The average Bonchev–Trinajstić information content (AvgIpc) is 2.51. The highest BCUT2D eigenvalue weighted by Crippen LogP contribution is 2.34. The minimum atomic E-state index is -0.398. The first-order valence-electron chi connectivity index (χ1n) is 3.94. The molecule has 8 heteroatoms. The summed E-state index contributed by atoms with van der Waals surface area (Å²) in [6.45, 7) is 0.198. The van der Waals surface area contributed by atoms with Crippen LogP contribution in [0.3, 0.4) is 0 Å². The minimum absolute atomic E-state index is 0.0323. The Morgan fingerprint density at radius 2 is 2.47 bits per heavy atom. The van der Waals surface area contributed by atoms with Gasteiger partial charge in [0.05, 0.1) is 13.5 Å². The van der Waals surface area contributed by atoms with Gasteiger partial charge in [-0.25, -0.2) is 0 Å². The second-order valence-electron chi connectivity index (χ2n) is 2.57. The van der Waals surface area contributed by atoms with Crippen LogP contribution in [0.15, 0.2) is 0 Å². The van der Waals surface area contributed by atoms with Crippen LogP contribution in [0.4, 0.5) is 5.00 Å². The van der Waals surface area contributed by atoms with E-state index in [1.807, 2.05) is 0 Å². The van der Waals surface area contributed by atoms with Crippen LogP contribution in [0.2, 0.25) is 0 Å². The van der Waals surface area contributed by atoms with Crippen molar-refractivity contribution in [1.82, 2.24) is 4.57 Å². The predicted octanol–water partition coefficient (Wildman–Crippen LogP) is 2.03. The minimum Gasteiger partial charge on any atom is -0.488 e. The summed E-state index contributed by atoms with van der Waals surface area (Å²) in [5.74, 6) is -0.638. The fraction of sp³-hybridized carbons (Fsp3) is 0.429. The Morgan fingerprint density at radius 1 is 1.80 bits per heavy atom. The lowest BCUT2D eigenvalue weighted by atomic mass is 10.4. The lowest BCUT2D eigenvalue weighted by Gasteiger charge is -2.01. The van der Waals surface area contributed by atoms with E-state index in [2.05, 4.69) is 9.71 Å². The van der Waals surface area contributed by atoms with Gasteiger partial charge in [0.25, 0.3) is 0 Å². The summed E-state index contributed by atoms with van der Waals surface area (Å²) in [5, 5.41) is 18.0. The molecule has 0 aliphatic rings. The molecule has 1 N–H and O–H groups in total. The van der Waals surface area contributed by atoms with Crippen LogP contribution in [0.25, 0.3) is 4.98 Å². The lowest BCUT2D eigenvalue weighted by molar-refractivity contribution is -0.140. The molecule has 0 unspecified atom stereocenters. The lowest BCUT2D eigenvalue weighted by Crippen LogP contribution is -2.06. The van der Waals surface area contributed by atoms with Gasteiger partial charge < -0.3 is 9.84 Å². The molecule has 0 radical (unpaired) electrons. The number of diazo groups is 1. The Kier molecular flexibility index (Phi) is 3.76. The molecule has 0 aliphatic carbocycles. The molecule has 0 aromatic carbocycles. The molecule has 1 aromatic heterocycles. The Balaban J connectivity index is 2.87. The van der Waals surface area contributed by atoms with Crippen LogP contribution in [-0.2, 0) is 16.1 Å². The highest BCUT2D eigenvalue weighted by atomic mass is 32.1. The summed E-state index contributed by atoms with van der Waals surface area (Å²) in [7, 11) is 1.28. The molecule has 0 saturated carbocycles. The van der Waals surface area contributed by atoms with Crippen molar-refractivity contribution in [2.45, 2.75) is 13.0 Å². The van der Waals surface area contributed by atoms with E-state index in [9.17, 15) is 9.90 Å². The molecule has 1 rings (SSSR count). The van der Waals surface area contributed by atoms with Crippen LogP contribution in [0.5, 0.6) is 5.88 Å². The number of rotatable bonds is 3. The highest BCUT2D eigenvalue weighted by molar-refractivity contribution is 7.73. The number of thiazole rings is 1. The number of aromatic nitrogens is 1. The first-order valence-corrected chi connectivity index (χ1v) is 5.17. The van der Waals surface area contributed by atoms with E-state index in [4.69, 9.17) is 17.6 Å². The first kappa shape index (κ1) is 11.6. The largest absolute Gasteiger partial charge is 0.502 e. The van der Waals surface area contributed by atoms with Gasteiger partial charge >= 0.3 is 16.9 Å². The number of aromatic hydroxyl groups is 1. The number of hydrogen-bond acceptors (Lipinski definition) is 6. The summed E-state index contributed by atoms with van der Waals surface area (Å²) >= 11 is 5.87. The average molecular weight is 246 g/mol. The quantitative estimate of drug-likeness (QED) is 0.501.